The molecule has 2 aromatic carbocycles. The zero-order valence-electron chi connectivity index (χ0n) is 26.2. The third-order valence-corrected chi connectivity index (χ3v) is 6.45. The number of hydrogen-bond donors (Lipinski definition) is 2. The molecule has 0 bridgehead atoms. The van der Waals surface area contributed by atoms with Crippen LogP contribution in [0, 0.1) is 0 Å². The fourth-order valence-corrected chi connectivity index (χ4v) is 3.96. The topological polar surface area (TPSA) is 65.2 Å². The molecular formula is C32H48Cl3MnN2O2. The van der Waals surface area contributed by atoms with Gasteiger partial charge in [-0.05, 0) is 44.9 Å². The van der Waals surface area contributed by atoms with Crippen molar-refractivity contribution >= 4 is 12.4 Å². The molecule has 0 aromatic heterocycles. The smallest absolute Gasteiger partial charge is 1.00 e. The standard InChI is InChI=1S/C32H48N2O2.3ClH.Mn/c1-29(2,3)23-15-21(27(35)25(17-23)31(7,8)9)19-33-13-14-34-20-22-16-24(30(4,5)6)18-26(28(22)36)32(10,11)12;;;;/h15-20,35-36H,13-14H2,1-12H3;3*1H;/q;;;;+3/p-3. The van der Waals surface area contributed by atoms with Gasteiger partial charge in [-0.25, -0.2) is 0 Å². The summed E-state index contributed by atoms with van der Waals surface area (Å²) in [5, 5.41) is 21.9. The molecule has 2 aromatic rings. The van der Waals surface area contributed by atoms with Gasteiger partial charge in [0, 0.05) is 34.7 Å². The van der Waals surface area contributed by atoms with Crippen LogP contribution in [0.2, 0.25) is 0 Å². The van der Waals surface area contributed by atoms with Crippen LogP contribution in [0.3, 0.4) is 0 Å². The van der Waals surface area contributed by atoms with Gasteiger partial charge in [0.1, 0.15) is 11.5 Å². The summed E-state index contributed by atoms with van der Waals surface area (Å²) in [6.07, 6.45) is 3.51. The molecule has 2 N–H and O–H groups in total. The zero-order chi connectivity index (χ0) is 27.7. The first-order chi connectivity index (χ1) is 16.2. The normalized spacial score (nSPS) is 12.4. The van der Waals surface area contributed by atoms with E-state index in [2.05, 4.69) is 105 Å². The molecule has 0 radical (unpaired) electrons. The van der Waals surface area contributed by atoms with Crippen molar-refractivity contribution in [3.63, 3.8) is 0 Å². The molecule has 0 spiro atoms. The first kappa shape index (κ1) is 43.2. The molecule has 2 rings (SSSR count). The molecule has 0 aliphatic heterocycles. The van der Waals surface area contributed by atoms with Crippen molar-refractivity contribution in [1.82, 2.24) is 0 Å². The summed E-state index contributed by atoms with van der Waals surface area (Å²) in [6.45, 7) is 26.7. The Morgan fingerprint density at radius 3 is 1.02 bits per heavy atom. The first-order valence-corrected chi connectivity index (χ1v) is 13.0. The van der Waals surface area contributed by atoms with Gasteiger partial charge in [0.15, 0.2) is 0 Å². The Bertz CT molecular complexity index is 1060. The van der Waals surface area contributed by atoms with Crippen LogP contribution in [0.25, 0.3) is 0 Å². The van der Waals surface area contributed by atoms with Gasteiger partial charge in [-0.2, -0.15) is 0 Å². The molecule has 0 aliphatic carbocycles. The molecule has 0 aliphatic rings. The Hall–Kier alpha value is -1.23. The number of halogens is 3. The van der Waals surface area contributed by atoms with Crippen LogP contribution in [-0.2, 0) is 38.7 Å². The van der Waals surface area contributed by atoms with E-state index in [0.717, 1.165) is 22.3 Å². The third kappa shape index (κ3) is 11.6. The van der Waals surface area contributed by atoms with Crippen molar-refractivity contribution in [2.75, 3.05) is 13.1 Å². The maximum atomic E-state index is 10.9. The summed E-state index contributed by atoms with van der Waals surface area (Å²) >= 11 is 0. The van der Waals surface area contributed by atoms with Gasteiger partial charge in [-0.15, -0.1) is 0 Å². The molecule has 4 nitrogen and oxygen atoms in total. The Kier molecular flexibility index (Phi) is 17.1. The van der Waals surface area contributed by atoms with Gasteiger partial charge in [0.25, 0.3) is 0 Å². The predicted octanol–water partition coefficient (Wildman–Crippen LogP) is -1.16. The van der Waals surface area contributed by atoms with Crippen LogP contribution in [0.4, 0.5) is 0 Å². The fourth-order valence-electron chi connectivity index (χ4n) is 3.96. The number of nitrogens with zero attached hydrogens (tertiary/aromatic N) is 2. The molecule has 0 saturated carbocycles. The summed E-state index contributed by atoms with van der Waals surface area (Å²) in [5.74, 6) is 0.586. The SMILES string of the molecule is CC(C)(C)c1cc(C=NCCN=Cc2cc(C(C)(C)C)cc(C(C)(C)C)c2O)c(O)c(C(C)(C)C)c1.[Cl-].[Cl-].[Cl-].[Mn+3]. The summed E-state index contributed by atoms with van der Waals surface area (Å²) in [6, 6.07) is 8.28. The fraction of sp³-hybridized carbons (Fsp3) is 0.562. The van der Waals surface area contributed by atoms with E-state index in [0.29, 0.717) is 24.6 Å². The second-order valence-corrected chi connectivity index (χ2v) is 14.0. The maximum Gasteiger partial charge on any atom is 3.00 e. The van der Waals surface area contributed by atoms with E-state index in [1.165, 1.54) is 11.1 Å². The minimum Gasteiger partial charge on any atom is -1.00 e. The van der Waals surface area contributed by atoms with Crippen molar-refractivity contribution in [3.8, 4) is 11.5 Å². The van der Waals surface area contributed by atoms with Gasteiger partial charge >= 0.3 is 17.1 Å². The number of phenols is 2. The summed E-state index contributed by atoms with van der Waals surface area (Å²) in [5.41, 5.74) is 5.27. The van der Waals surface area contributed by atoms with E-state index in [4.69, 9.17) is 0 Å². The predicted molar refractivity (Wildman–Crippen MR) is 156 cm³/mol. The van der Waals surface area contributed by atoms with Crippen LogP contribution < -0.4 is 37.2 Å². The minimum absolute atomic E-state index is 0. The van der Waals surface area contributed by atoms with Crippen LogP contribution >= 0.6 is 0 Å². The Balaban J connectivity index is -0.00000342. The van der Waals surface area contributed by atoms with Gasteiger partial charge in [-0.3, -0.25) is 9.98 Å². The van der Waals surface area contributed by atoms with Crippen LogP contribution in [0.5, 0.6) is 11.5 Å². The molecule has 0 atom stereocenters. The van der Waals surface area contributed by atoms with Crippen molar-refractivity contribution in [2.45, 2.75) is 105 Å². The number of rotatable bonds is 5. The van der Waals surface area contributed by atoms with Crippen LogP contribution in [0.1, 0.15) is 116 Å². The molecule has 40 heavy (non-hydrogen) atoms. The molecule has 0 amide bonds. The second kappa shape index (κ2) is 15.8. The molecule has 8 heteroatoms. The molecule has 0 heterocycles. The number of hydrogen-bond acceptors (Lipinski definition) is 4. The first-order valence-electron chi connectivity index (χ1n) is 13.0. The summed E-state index contributed by atoms with van der Waals surface area (Å²) in [4.78, 5) is 9.11. The number of aromatic hydroxyl groups is 2. The van der Waals surface area contributed by atoms with E-state index in [9.17, 15) is 10.2 Å². The van der Waals surface area contributed by atoms with Crippen molar-refractivity contribution in [1.29, 1.82) is 0 Å². The van der Waals surface area contributed by atoms with Crippen LogP contribution in [0.15, 0.2) is 34.3 Å². The molecule has 0 unspecified atom stereocenters. The number of benzene rings is 2. The average molecular weight is 654 g/mol. The largest absolute Gasteiger partial charge is 3.00 e. The number of aliphatic imine (C=N–C) groups is 2. The van der Waals surface area contributed by atoms with Gasteiger partial charge < -0.3 is 47.4 Å². The average Bonchev–Trinajstić information content (AvgIpc) is 2.69. The summed E-state index contributed by atoms with van der Waals surface area (Å²) < 4.78 is 0. The number of phenolic OH excluding ortho intramolecular Hbond substituents is 2. The van der Waals surface area contributed by atoms with Crippen molar-refractivity contribution < 1.29 is 64.5 Å². The molecule has 0 saturated heterocycles. The van der Waals surface area contributed by atoms with Crippen LogP contribution in [-0.4, -0.2) is 35.7 Å². The monoisotopic (exact) mass is 652 g/mol. The van der Waals surface area contributed by atoms with E-state index in [1.54, 1.807) is 12.4 Å². The van der Waals surface area contributed by atoms with E-state index >= 15 is 0 Å². The van der Waals surface area contributed by atoms with Crippen molar-refractivity contribution in [3.05, 3.63) is 57.6 Å². The molecule has 226 valence electrons. The third-order valence-electron chi connectivity index (χ3n) is 6.45. The van der Waals surface area contributed by atoms with E-state index in [-0.39, 0.29) is 75.9 Å². The van der Waals surface area contributed by atoms with E-state index in [1.807, 2.05) is 12.1 Å². The Morgan fingerprint density at radius 1 is 0.525 bits per heavy atom. The second-order valence-electron chi connectivity index (χ2n) is 14.0. The van der Waals surface area contributed by atoms with Crippen molar-refractivity contribution in [2.24, 2.45) is 9.98 Å². The quantitative estimate of drug-likeness (QED) is 0.243. The minimum atomic E-state index is -0.173. The Morgan fingerprint density at radius 2 is 0.800 bits per heavy atom. The van der Waals surface area contributed by atoms with Gasteiger partial charge in [0.2, 0.25) is 0 Å². The summed E-state index contributed by atoms with van der Waals surface area (Å²) in [7, 11) is 0. The van der Waals surface area contributed by atoms with Gasteiger partial charge in [0.05, 0.1) is 13.1 Å². The molecular weight excluding hydrogens is 606 g/mol. The zero-order valence-corrected chi connectivity index (χ0v) is 29.6. The maximum absolute atomic E-state index is 10.9. The Labute approximate surface area is 272 Å². The molecule has 0 fully saturated rings. The van der Waals surface area contributed by atoms with Gasteiger partial charge in [-0.1, -0.05) is 95.2 Å². The van der Waals surface area contributed by atoms with E-state index < -0.39 is 0 Å².